The van der Waals surface area contributed by atoms with Crippen molar-refractivity contribution in [2.75, 3.05) is 6.54 Å². The first-order valence-electron chi connectivity index (χ1n) is 8.43. The van der Waals surface area contributed by atoms with E-state index in [-0.39, 0.29) is 12.5 Å². The summed E-state index contributed by atoms with van der Waals surface area (Å²) in [7, 11) is 0. The highest BCUT2D eigenvalue weighted by Gasteiger charge is 2.08. The first-order chi connectivity index (χ1) is 12.8. The fourth-order valence-electron chi connectivity index (χ4n) is 2.81. The van der Waals surface area contributed by atoms with Gasteiger partial charge in [-0.25, -0.2) is 9.36 Å². The molecule has 0 radical (unpaired) electrons. The smallest absolute Gasteiger partial charge is 0.241 e. The lowest BCUT2D eigenvalue weighted by Crippen LogP contribution is -2.29. The predicted octanol–water partition coefficient (Wildman–Crippen LogP) is 1.98. The van der Waals surface area contributed by atoms with Crippen molar-refractivity contribution in [1.29, 1.82) is 0 Å². The number of nitrogens with one attached hydrogen (secondary N) is 1. The molecule has 4 aromatic rings. The summed E-state index contributed by atoms with van der Waals surface area (Å²) in [5.74, 6) is -0.0752. The van der Waals surface area contributed by atoms with Crippen LogP contribution in [0, 0.1) is 0 Å². The summed E-state index contributed by atoms with van der Waals surface area (Å²) >= 11 is 0. The van der Waals surface area contributed by atoms with Crippen molar-refractivity contribution in [3.63, 3.8) is 0 Å². The third-order valence-electron chi connectivity index (χ3n) is 4.15. The van der Waals surface area contributed by atoms with Crippen molar-refractivity contribution >= 4 is 16.9 Å². The Morgan fingerprint density at radius 3 is 2.69 bits per heavy atom. The molecule has 0 atom stereocenters. The molecule has 7 nitrogen and oxygen atoms in total. The van der Waals surface area contributed by atoms with Crippen molar-refractivity contribution in [2.24, 2.45) is 0 Å². The van der Waals surface area contributed by atoms with Crippen LogP contribution in [-0.4, -0.2) is 37.2 Å². The molecule has 0 aliphatic heterocycles. The number of aromatic nitrogens is 5. The normalized spacial score (nSPS) is 10.9. The van der Waals surface area contributed by atoms with Crippen LogP contribution in [0.15, 0.2) is 67.0 Å². The fourth-order valence-corrected chi connectivity index (χ4v) is 2.81. The van der Waals surface area contributed by atoms with Crippen LogP contribution < -0.4 is 5.32 Å². The maximum absolute atomic E-state index is 12.1. The van der Waals surface area contributed by atoms with Crippen LogP contribution in [0.1, 0.15) is 5.56 Å². The first-order valence-corrected chi connectivity index (χ1v) is 8.43. The predicted molar refractivity (Wildman–Crippen MR) is 97.8 cm³/mol. The number of hydrogen-bond donors (Lipinski definition) is 1. The van der Waals surface area contributed by atoms with Crippen LogP contribution in [0.5, 0.6) is 0 Å². The lowest BCUT2D eigenvalue weighted by molar-refractivity contribution is -0.121. The average Bonchev–Trinajstić information content (AvgIpc) is 3.33. The van der Waals surface area contributed by atoms with E-state index in [9.17, 15) is 4.79 Å². The molecule has 0 fully saturated rings. The number of carbonyl (C=O) groups excluding carboxylic acids is 1. The summed E-state index contributed by atoms with van der Waals surface area (Å²) in [5.41, 5.74) is 3.82. The van der Waals surface area contributed by atoms with E-state index in [1.807, 2.05) is 65.5 Å². The van der Waals surface area contributed by atoms with Gasteiger partial charge in [0.15, 0.2) is 0 Å². The Kier molecular flexibility index (Phi) is 4.42. The molecule has 26 heavy (non-hydrogen) atoms. The monoisotopic (exact) mass is 346 g/mol. The third kappa shape index (κ3) is 3.46. The second kappa shape index (κ2) is 7.18. The van der Waals surface area contributed by atoms with Gasteiger partial charge in [0, 0.05) is 18.9 Å². The number of amides is 1. The molecule has 2 aromatic carbocycles. The van der Waals surface area contributed by atoms with Gasteiger partial charge in [0.05, 0.1) is 11.2 Å². The third-order valence-corrected chi connectivity index (χ3v) is 4.15. The molecule has 2 aromatic heterocycles. The Bertz CT molecular complexity index is 1000. The van der Waals surface area contributed by atoms with E-state index >= 15 is 0 Å². The number of para-hydroxylation sites is 1. The van der Waals surface area contributed by atoms with Crippen molar-refractivity contribution in [3.05, 3.63) is 72.6 Å². The molecule has 7 heteroatoms. The van der Waals surface area contributed by atoms with E-state index in [2.05, 4.69) is 20.7 Å². The van der Waals surface area contributed by atoms with E-state index in [4.69, 9.17) is 0 Å². The van der Waals surface area contributed by atoms with Crippen molar-refractivity contribution < 1.29 is 4.79 Å². The Morgan fingerprint density at radius 1 is 1.04 bits per heavy atom. The van der Waals surface area contributed by atoms with Gasteiger partial charge in [-0.1, -0.05) is 29.5 Å². The van der Waals surface area contributed by atoms with Crippen LogP contribution in [0.25, 0.3) is 16.7 Å². The highest BCUT2D eigenvalue weighted by atomic mass is 16.2. The Hall–Kier alpha value is -3.48. The maximum Gasteiger partial charge on any atom is 0.241 e. The van der Waals surface area contributed by atoms with Gasteiger partial charge in [0.25, 0.3) is 0 Å². The minimum Gasteiger partial charge on any atom is -0.354 e. The van der Waals surface area contributed by atoms with Gasteiger partial charge in [0.1, 0.15) is 12.1 Å². The van der Waals surface area contributed by atoms with E-state index in [1.54, 1.807) is 10.9 Å². The minimum absolute atomic E-state index is 0.0752. The first kappa shape index (κ1) is 16.0. The molecule has 1 amide bonds. The van der Waals surface area contributed by atoms with Crippen molar-refractivity contribution in [1.82, 2.24) is 30.1 Å². The zero-order valence-electron chi connectivity index (χ0n) is 14.1. The largest absolute Gasteiger partial charge is 0.354 e. The van der Waals surface area contributed by atoms with Crippen molar-refractivity contribution in [2.45, 2.75) is 13.0 Å². The standard InChI is InChI=1S/C19H18N6O/c26-19(14-25-18-5-2-1-4-17(18)22-23-25)20-12-10-15-6-8-16(9-7-15)24-13-3-11-21-24/h1-9,11,13H,10,12,14H2,(H,20,26). The molecule has 0 unspecified atom stereocenters. The second-order valence-corrected chi connectivity index (χ2v) is 5.95. The van der Waals surface area contributed by atoms with Crippen LogP contribution in [0.2, 0.25) is 0 Å². The van der Waals surface area contributed by atoms with Gasteiger partial charge in [0.2, 0.25) is 5.91 Å². The molecule has 130 valence electrons. The summed E-state index contributed by atoms with van der Waals surface area (Å²) in [6.07, 6.45) is 4.42. The average molecular weight is 346 g/mol. The van der Waals surface area contributed by atoms with E-state index < -0.39 is 0 Å². The van der Waals surface area contributed by atoms with Gasteiger partial charge in [-0.3, -0.25) is 4.79 Å². The van der Waals surface area contributed by atoms with Crippen LogP contribution in [0.3, 0.4) is 0 Å². The van der Waals surface area contributed by atoms with Gasteiger partial charge < -0.3 is 5.32 Å². The zero-order chi connectivity index (χ0) is 17.8. The molecule has 0 saturated carbocycles. The van der Waals surface area contributed by atoms with E-state index in [0.29, 0.717) is 6.54 Å². The quantitative estimate of drug-likeness (QED) is 0.579. The fraction of sp³-hybridized carbons (Fsp3) is 0.158. The molecule has 0 aliphatic carbocycles. The van der Waals surface area contributed by atoms with Crippen LogP contribution in [-0.2, 0) is 17.8 Å². The summed E-state index contributed by atoms with van der Waals surface area (Å²) < 4.78 is 3.43. The molecule has 0 saturated heterocycles. The SMILES string of the molecule is O=C(Cn1nnc2ccccc21)NCCc1ccc(-n2cccn2)cc1. The van der Waals surface area contributed by atoms with Crippen LogP contribution in [0.4, 0.5) is 0 Å². The number of benzene rings is 2. The van der Waals surface area contributed by atoms with Crippen LogP contribution >= 0.6 is 0 Å². The number of carbonyl (C=O) groups is 1. The molecule has 0 spiro atoms. The molecule has 4 rings (SSSR count). The lowest BCUT2D eigenvalue weighted by Gasteiger charge is -2.07. The van der Waals surface area contributed by atoms with Gasteiger partial charge >= 0.3 is 0 Å². The van der Waals surface area contributed by atoms with E-state index in [0.717, 1.165) is 28.7 Å². The molecule has 0 aliphatic rings. The molecule has 1 N–H and O–H groups in total. The van der Waals surface area contributed by atoms with Gasteiger partial charge in [-0.15, -0.1) is 5.10 Å². The highest BCUT2D eigenvalue weighted by molar-refractivity contribution is 5.79. The molecule has 0 bridgehead atoms. The summed E-state index contributed by atoms with van der Waals surface area (Å²) in [5, 5.41) is 15.2. The summed E-state index contributed by atoms with van der Waals surface area (Å²) in [4.78, 5) is 12.1. The Labute approximate surface area is 150 Å². The zero-order valence-corrected chi connectivity index (χ0v) is 14.1. The number of hydrogen-bond acceptors (Lipinski definition) is 4. The highest BCUT2D eigenvalue weighted by Crippen LogP contribution is 2.10. The van der Waals surface area contributed by atoms with Crippen molar-refractivity contribution in [3.8, 4) is 5.69 Å². The molecular weight excluding hydrogens is 328 g/mol. The Balaban J connectivity index is 1.29. The lowest BCUT2D eigenvalue weighted by atomic mass is 10.1. The summed E-state index contributed by atoms with van der Waals surface area (Å²) in [6, 6.07) is 17.6. The molecular formula is C19H18N6O. The number of rotatable bonds is 6. The minimum atomic E-state index is -0.0752. The maximum atomic E-state index is 12.1. The topological polar surface area (TPSA) is 77.6 Å². The summed E-state index contributed by atoms with van der Waals surface area (Å²) in [6.45, 7) is 0.741. The second-order valence-electron chi connectivity index (χ2n) is 5.95. The molecule has 2 heterocycles. The number of nitrogens with zero attached hydrogens (tertiary/aromatic N) is 5. The Morgan fingerprint density at radius 2 is 1.88 bits per heavy atom. The van der Waals surface area contributed by atoms with Gasteiger partial charge in [-0.2, -0.15) is 5.10 Å². The van der Waals surface area contributed by atoms with Gasteiger partial charge in [-0.05, 0) is 42.3 Å². The number of fused-ring (bicyclic) bond motifs is 1. The van der Waals surface area contributed by atoms with E-state index in [1.165, 1.54) is 0 Å².